The predicted octanol–water partition coefficient (Wildman–Crippen LogP) is -0.197. The number of hydrogen-bond acceptors (Lipinski definition) is 9. The van der Waals surface area contributed by atoms with Crippen LogP contribution in [0.5, 0.6) is 0 Å². The van der Waals surface area contributed by atoms with Crippen molar-refractivity contribution >= 4 is 30.8 Å². The first-order chi connectivity index (χ1) is 14.8. The third-order valence-corrected chi connectivity index (χ3v) is 8.52. The van der Waals surface area contributed by atoms with Gasteiger partial charge in [-0.25, -0.2) is 22.0 Å². The lowest BCUT2D eigenvalue weighted by Gasteiger charge is -2.28. The van der Waals surface area contributed by atoms with Crippen LogP contribution in [0.2, 0.25) is 0 Å². The number of H-pyrrole nitrogens is 2. The van der Waals surface area contributed by atoms with Gasteiger partial charge in [0.2, 0.25) is 15.8 Å². The topological polar surface area (TPSA) is 189 Å². The normalized spacial score (nSPS) is 15.3. The van der Waals surface area contributed by atoms with Crippen molar-refractivity contribution in [1.82, 2.24) is 36.1 Å². The highest BCUT2D eigenvalue weighted by atomic mass is 32.2. The number of sulfonamides is 1. The van der Waals surface area contributed by atoms with Crippen LogP contribution in [0.15, 0.2) is 46.3 Å². The number of hydrogen-bond donors (Lipinski definition) is 4. The van der Waals surface area contributed by atoms with Crippen LogP contribution in [-0.2, 0) is 19.9 Å². The first-order valence-corrected chi connectivity index (χ1v) is 12.2. The van der Waals surface area contributed by atoms with Crippen LogP contribution in [0.25, 0.3) is 33.4 Å². The molecule has 2 aromatic heterocycles. The number of tetrazole rings is 1. The second-order valence-electron chi connectivity index (χ2n) is 7.06. The minimum absolute atomic E-state index is 0.0493. The second-order valence-corrected chi connectivity index (χ2v) is 10.8. The summed E-state index contributed by atoms with van der Waals surface area (Å²) in [4.78, 5) is -0.948. The van der Waals surface area contributed by atoms with Crippen molar-refractivity contribution in [2.45, 2.75) is 15.0 Å². The highest BCUT2D eigenvalue weighted by Crippen LogP contribution is 2.41. The lowest BCUT2D eigenvalue weighted by molar-refractivity contribution is 0.493. The molecule has 0 bridgehead atoms. The van der Waals surface area contributed by atoms with Gasteiger partial charge in [-0.15, -0.1) is 10.2 Å². The van der Waals surface area contributed by atoms with Crippen molar-refractivity contribution in [1.29, 1.82) is 0 Å². The summed E-state index contributed by atoms with van der Waals surface area (Å²) in [5, 5.41) is 29.0. The summed E-state index contributed by atoms with van der Waals surface area (Å²) in [5.74, 6) is -0.0978. The minimum Gasteiger partial charge on any atom is -0.314 e. The number of aromatic nitrogens is 6. The van der Waals surface area contributed by atoms with Gasteiger partial charge < -0.3 is 5.32 Å². The molecule has 3 heterocycles. The van der Waals surface area contributed by atoms with Crippen LogP contribution in [0.1, 0.15) is 0 Å². The molecule has 1 saturated heterocycles. The molecule has 160 valence electrons. The van der Waals surface area contributed by atoms with E-state index in [4.69, 9.17) is 5.14 Å². The monoisotopic (exact) mass is 460 g/mol. The molecule has 0 atom stereocenters. The Morgan fingerprint density at radius 2 is 1.84 bits per heavy atom. The van der Waals surface area contributed by atoms with Crippen LogP contribution in [0.4, 0.5) is 0 Å². The standard InChI is InChI=1S/C17H16N8O4S2/c18-31(28,29)16-13(30(26,27)10-7-19-8-10)5-4-11(14(16)17-22-24-25-23-17)12-3-1-2-9-6-20-21-15(9)12/h1-6,10,19H,7-8H2,(H,20,21)(H2,18,28,29)(H,22,23,24,25). The molecule has 0 saturated carbocycles. The molecule has 1 aliphatic heterocycles. The van der Waals surface area contributed by atoms with Crippen LogP contribution >= 0.6 is 0 Å². The Morgan fingerprint density at radius 3 is 2.48 bits per heavy atom. The molecule has 31 heavy (non-hydrogen) atoms. The third kappa shape index (κ3) is 3.11. The Balaban J connectivity index is 1.91. The summed E-state index contributed by atoms with van der Waals surface area (Å²) in [6.45, 7) is 0.443. The highest BCUT2D eigenvalue weighted by Gasteiger charge is 2.38. The van der Waals surface area contributed by atoms with E-state index in [1.165, 1.54) is 12.1 Å². The summed E-state index contributed by atoms with van der Waals surface area (Å²) in [5.41, 5.74) is 1.53. The molecule has 0 spiro atoms. The van der Waals surface area contributed by atoms with Crippen molar-refractivity contribution in [3.05, 3.63) is 36.5 Å². The molecule has 14 heteroatoms. The molecular weight excluding hydrogens is 444 g/mol. The Labute approximate surface area is 176 Å². The first-order valence-electron chi connectivity index (χ1n) is 9.09. The van der Waals surface area contributed by atoms with Gasteiger partial charge in [-0.3, -0.25) is 5.10 Å². The Morgan fingerprint density at radius 1 is 1.03 bits per heavy atom. The highest BCUT2D eigenvalue weighted by molar-refractivity contribution is 7.94. The van der Waals surface area contributed by atoms with Gasteiger partial charge in [-0.2, -0.15) is 10.3 Å². The van der Waals surface area contributed by atoms with Gasteiger partial charge in [0.25, 0.3) is 0 Å². The van der Waals surface area contributed by atoms with E-state index >= 15 is 0 Å². The molecule has 4 aromatic rings. The van der Waals surface area contributed by atoms with Crippen LogP contribution in [-0.4, -0.2) is 66.0 Å². The fourth-order valence-corrected chi connectivity index (χ4v) is 6.82. The average molecular weight is 461 g/mol. The summed E-state index contributed by atoms with van der Waals surface area (Å²) < 4.78 is 51.8. The molecule has 2 aromatic carbocycles. The second kappa shape index (κ2) is 6.91. The maximum Gasteiger partial charge on any atom is 0.240 e. The number of benzene rings is 2. The van der Waals surface area contributed by atoms with E-state index in [0.717, 1.165) is 5.39 Å². The van der Waals surface area contributed by atoms with Gasteiger partial charge in [0.05, 0.1) is 27.4 Å². The number of aromatic amines is 2. The van der Waals surface area contributed by atoms with E-state index in [1.807, 2.05) is 6.07 Å². The number of nitrogens with two attached hydrogens (primary N) is 1. The van der Waals surface area contributed by atoms with Crippen molar-refractivity contribution in [2.24, 2.45) is 5.14 Å². The maximum absolute atomic E-state index is 13.2. The zero-order valence-electron chi connectivity index (χ0n) is 15.8. The summed E-state index contributed by atoms with van der Waals surface area (Å²) >= 11 is 0. The van der Waals surface area contributed by atoms with Crippen molar-refractivity contribution < 1.29 is 16.8 Å². The molecule has 0 amide bonds. The van der Waals surface area contributed by atoms with E-state index in [9.17, 15) is 16.8 Å². The average Bonchev–Trinajstić information content (AvgIpc) is 3.35. The van der Waals surface area contributed by atoms with Gasteiger partial charge in [0, 0.05) is 24.0 Å². The predicted molar refractivity (Wildman–Crippen MR) is 110 cm³/mol. The van der Waals surface area contributed by atoms with Gasteiger partial charge in [-0.1, -0.05) is 24.3 Å². The zero-order valence-corrected chi connectivity index (χ0v) is 17.4. The molecular formula is C17H16N8O4S2. The van der Waals surface area contributed by atoms with E-state index in [2.05, 4.69) is 36.1 Å². The lowest BCUT2D eigenvalue weighted by Crippen LogP contribution is -2.51. The molecule has 0 radical (unpaired) electrons. The number of fused-ring (bicyclic) bond motifs is 1. The van der Waals surface area contributed by atoms with Crippen molar-refractivity contribution in [3.8, 4) is 22.5 Å². The fourth-order valence-electron chi connectivity index (χ4n) is 3.64. The van der Waals surface area contributed by atoms with Gasteiger partial charge in [0.1, 0.15) is 4.90 Å². The number of nitrogens with one attached hydrogen (secondary N) is 3. The SMILES string of the molecule is NS(=O)(=O)c1c(S(=O)(=O)C2CNC2)ccc(-c2cccc3cn[nH]c23)c1-c1nn[nH]n1. The Kier molecular flexibility index (Phi) is 4.40. The molecule has 5 N–H and O–H groups in total. The van der Waals surface area contributed by atoms with E-state index < -0.39 is 30.0 Å². The van der Waals surface area contributed by atoms with E-state index in [1.54, 1.807) is 18.3 Å². The van der Waals surface area contributed by atoms with Crippen LogP contribution in [0.3, 0.4) is 0 Å². The quantitative estimate of drug-likeness (QED) is 0.312. The van der Waals surface area contributed by atoms with Crippen LogP contribution < -0.4 is 10.5 Å². The molecule has 5 rings (SSSR count). The minimum atomic E-state index is -4.51. The first kappa shape index (κ1) is 19.7. The van der Waals surface area contributed by atoms with Crippen LogP contribution in [0, 0.1) is 0 Å². The van der Waals surface area contributed by atoms with Gasteiger partial charge >= 0.3 is 0 Å². The molecule has 12 nitrogen and oxygen atoms in total. The number of rotatable bonds is 5. The summed E-state index contributed by atoms with van der Waals surface area (Å²) in [6, 6.07) is 8.14. The lowest BCUT2D eigenvalue weighted by atomic mass is 9.97. The number of primary sulfonamides is 1. The Hall–Kier alpha value is -3.20. The molecule has 1 aliphatic rings. The summed E-state index contributed by atoms with van der Waals surface area (Å²) in [6.07, 6.45) is 1.62. The van der Waals surface area contributed by atoms with Gasteiger partial charge in [-0.05, 0) is 16.8 Å². The zero-order chi connectivity index (χ0) is 21.8. The number of sulfone groups is 1. The Bertz CT molecular complexity index is 1510. The third-order valence-electron chi connectivity index (χ3n) is 5.23. The summed E-state index contributed by atoms with van der Waals surface area (Å²) in [7, 11) is -8.50. The number of para-hydroxylation sites is 1. The largest absolute Gasteiger partial charge is 0.314 e. The maximum atomic E-state index is 13.2. The molecule has 0 unspecified atom stereocenters. The van der Waals surface area contributed by atoms with Gasteiger partial charge in [0.15, 0.2) is 9.84 Å². The fraction of sp³-hybridized carbons (Fsp3) is 0.176. The van der Waals surface area contributed by atoms with E-state index in [0.29, 0.717) is 16.6 Å². The molecule has 1 fully saturated rings. The van der Waals surface area contributed by atoms with Crippen molar-refractivity contribution in [3.63, 3.8) is 0 Å². The van der Waals surface area contributed by atoms with Crippen molar-refractivity contribution in [2.75, 3.05) is 13.1 Å². The smallest absolute Gasteiger partial charge is 0.240 e. The molecule has 0 aliphatic carbocycles. The van der Waals surface area contributed by atoms with E-state index in [-0.39, 0.29) is 29.4 Å². The number of nitrogens with zero attached hydrogens (tertiary/aromatic N) is 4.